The number of benzene rings is 2. The van der Waals surface area contributed by atoms with Crippen LogP contribution in [0.1, 0.15) is 0 Å². The Morgan fingerprint density at radius 1 is 0.893 bits per heavy atom. The van der Waals surface area contributed by atoms with Crippen molar-refractivity contribution in [3.8, 4) is 22.0 Å². The molecule has 0 unspecified atom stereocenters. The predicted molar refractivity (Wildman–Crippen MR) is 113 cm³/mol. The summed E-state index contributed by atoms with van der Waals surface area (Å²) in [6.07, 6.45) is 1.73. The molecule has 0 fully saturated rings. The summed E-state index contributed by atoms with van der Waals surface area (Å²) in [4.78, 5) is 13.7. The third-order valence-electron chi connectivity index (χ3n) is 4.43. The molecule has 0 atom stereocenters. The smallest absolute Gasteiger partial charge is 0.229 e. The zero-order valence-electron chi connectivity index (χ0n) is 15.1. The average molecular weight is 384 g/mol. The Morgan fingerprint density at radius 3 is 2.61 bits per heavy atom. The topological polar surface area (TPSA) is 68.5 Å². The number of hydrogen-bond donors (Lipinski definition) is 1. The standard InChI is InChI=1S/C21H16N6S/c1-27-18-10-6-5-9-15(18)19(26-27)25-21-22-12-11-16(24-21)17-13-28-20(23-17)14-7-3-2-4-8-14/h2-13H,1H3,(H,22,24,25,26). The van der Waals surface area contributed by atoms with Crippen LogP contribution in [-0.4, -0.2) is 24.7 Å². The van der Waals surface area contributed by atoms with Gasteiger partial charge in [-0.05, 0) is 18.2 Å². The van der Waals surface area contributed by atoms with Crippen molar-refractivity contribution in [1.82, 2.24) is 24.7 Å². The number of para-hydroxylation sites is 1. The molecular weight excluding hydrogens is 368 g/mol. The largest absolute Gasteiger partial charge is 0.307 e. The third-order valence-corrected chi connectivity index (χ3v) is 5.32. The maximum absolute atomic E-state index is 4.73. The van der Waals surface area contributed by atoms with Gasteiger partial charge < -0.3 is 5.32 Å². The Balaban J connectivity index is 1.46. The van der Waals surface area contributed by atoms with Gasteiger partial charge in [-0.25, -0.2) is 15.0 Å². The van der Waals surface area contributed by atoms with Crippen molar-refractivity contribution in [2.24, 2.45) is 7.05 Å². The number of hydrogen-bond acceptors (Lipinski definition) is 6. The zero-order valence-corrected chi connectivity index (χ0v) is 15.9. The average Bonchev–Trinajstić information content (AvgIpc) is 3.35. The van der Waals surface area contributed by atoms with E-state index in [1.54, 1.807) is 17.5 Å². The van der Waals surface area contributed by atoms with Gasteiger partial charge in [0.1, 0.15) is 10.7 Å². The SMILES string of the molecule is Cn1nc(Nc2nccc(-c3csc(-c4ccccc4)n3)n2)c2ccccc21. The maximum Gasteiger partial charge on any atom is 0.229 e. The number of rotatable bonds is 4. The van der Waals surface area contributed by atoms with Crippen LogP contribution in [0.4, 0.5) is 11.8 Å². The molecule has 0 spiro atoms. The van der Waals surface area contributed by atoms with Gasteiger partial charge in [0, 0.05) is 29.6 Å². The Bertz CT molecular complexity index is 1260. The van der Waals surface area contributed by atoms with E-state index in [4.69, 9.17) is 4.98 Å². The third kappa shape index (κ3) is 3.01. The zero-order chi connectivity index (χ0) is 18.9. The van der Waals surface area contributed by atoms with Crippen LogP contribution < -0.4 is 5.32 Å². The molecule has 0 aliphatic carbocycles. The molecule has 28 heavy (non-hydrogen) atoms. The summed E-state index contributed by atoms with van der Waals surface area (Å²) in [5.74, 6) is 1.23. The summed E-state index contributed by atoms with van der Waals surface area (Å²) in [5.41, 5.74) is 3.76. The van der Waals surface area contributed by atoms with Crippen molar-refractivity contribution in [2.75, 3.05) is 5.32 Å². The number of fused-ring (bicyclic) bond motifs is 1. The van der Waals surface area contributed by atoms with Gasteiger partial charge in [0.05, 0.1) is 11.2 Å². The van der Waals surface area contributed by atoms with Crippen LogP contribution >= 0.6 is 11.3 Å². The molecule has 1 N–H and O–H groups in total. The fourth-order valence-corrected chi connectivity index (χ4v) is 3.90. The van der Waals surface area contributed by atoms with Gasteiger partial charge in [0.2, 0.25) is 5.95 Å². The number of nitrogens with one attached hydrogen (secondary N) is 1. The highest BCUT2D eigenvalue weighted by Gasteiger charge is 2.12. The van der Waals surface area contributed by atoms with Crippen molar-refractivity contribution in [2.45, 2.75) is 0 Å². The van der Waals surface area contributed by atoms with Gasteiger partial charge in [0.15, 0.2) is 5.82 Å². The normalized spacial score (nSPS) is 11.0. The summed E-state index contributed by atoms with van der Waals surface area (Å²) in [7, 11) is 1.92. The Labute approximate surface area is 165 Å². The van der Waals surface area contributed by atoms with Crippen LogP contribution in [0.2, 0.25) is 0 Å². The van der Waals surface area contributed by atoms with Crippen LogP contribution in [0.3, 0.4) is 0 Å². The molecule has 0 bridgehead atoms. The van der Waals surface area contributed by atoms with Gasteiger partial charge in [-0.1, -0.05) is 42.5 Å². The molecular formula is C21H16N6S. The molecule has 0 radical (unpaired) electrons. The molecule has 3 aromatic heterocycles. The van der Waals surface area contributed by atoms with Crippen LogP contribution in [0.25, 0.3) is 32.9 Å². The van der Waals surface area contributed by atoms with Crippen LogP contribution in [0, 0.1) is 0 Å². The van der Waals surface area contributed by atoms with E-state index in [0.717, 1.165) is 38.7 Å². The first-order chi connectivity index (χ1) is 13.8. The number of aryl methyl sites for hydroxylation is 1. The molecule has 5 rings (SSSR count). The molecule has 0 amide bonds. The number of anilines is 2. The van der Waals surface area contributed by atoms with Crippen LogP contribution in [0.15, 0.2) is 72.2 Å². The van der Waals surface area contributed by atoms with E-state index in [1.807, 2.05) is 65.6 Å². The van der Waals surface area contributed by atoms with E-state index in [2.05, 4.69) is 32.5 Å². The fourth-order valence-electron chi connectivity index (χ4n) is 3.08. The van der Waals surface area contributed by atoms with Gasteiger partial charge in [0.25, 0.3) is 0 Å². The quantitative estimate of drug-likeness (QED) is 0.477. The van der Waals surface area contributed by atoms with Gasteiger partial charge in [-0.3, -0.25) is 4.68 Å². The Morgan fingerprint density at radius 2 is 1.71 bits per heavy atom. The minimum atomic E-state index is 0.496. The Kier molecular flexibility index (Phi) is 4.06. The van der Waals surface area contributed by atoms with E-state index >= 15 is 0 Å². The second-order valence-corrected chi connectivity index (χ2v) is 7.14. The highest BCUT2D eigenvalue weighted by Crippen LogP contribution is 2.29. The first kappa shape index (κ1) is 16.6. The van der Waals surface area contributed by atoms with E-state index in [-0.39, 0.29) is 0 Å². The summed E-state index contributed by atoms with van der Waals surface area (Å²) in [6, 6.07) is 20.1. The van der Waals surface area contributed by atoms with Gasteiger partial charge >= 0.3 is 0 Å². The van der Waals surface area contributed by atoms with E-state index in [1.165, 1.54) is 0 Å². The molecule has 136 valence electrons. The minimum absolute atomic E-state index is 0.496. The molecule has 2 aromatic carbocycles. The second kappa shape index (κ2) is 6.86. The lowest BCUT2D eigenvalue weighted by Crippen LogP contribution is -1.99. The lowest BCUT2D eigenvalue weighted by atomic mass is 10.2. The number of thiazole rings is 1. The minimum Gasteiger partial charge on any atom is -0.307 e. The van der Waals surface area contributed by atoms with Gasteiger partial charge in [-0.2, -0.15) is 5.10 Å². The molecule has 0 saturated carbocycles. The monoisotopic (exact) mass is 384 g/mol. The molecule has 0 aliphatic heterocycles. The lowest BCUT2D eigenvalue weighted by Gasteiger charge is -2.03. The first-order valence-corrected chi connectivity index (χ1v) is 9.69. The van der Waals surface area contributed by atoms with Gasteiger partial charge in [-0.15, -0.1) is 11.3 Å². The van der Waals surface area contributed by atoms with E-state index in [0.29, 0.717) is 5.95 Å². The Hall–Kier alpha value is -3.58. The van der Waals surface area contributed by atoms with Crippen molar-refractivity contribution >= 4 is 34.0 Å². The molecule has 0 aliphatic rings. The molecule has 5 aromatic rings. The van der Waals surface area contributed by atoms with Crippen molar-refractivity contribution < 1.29 is 0 Å². The number of nitrogens with zero attached hydrogens (tertiary/aromatic N) is 5. The molecule has 7 heteroatoms. The summed E-state index contributed by atoms with van der Waals surface area (Å²) in [5, 5.41) is 11.8. The highest BCUT2D eigenvalue weighted by molar-refractivity contribution is 7.13. The molecule has 3 heterocycles. The lowest BCUT2D eigenvalue weighted by molar-refractivity contribution is 0.800. The molecule has 6 nitrogen and oxygen atoms in total. The molecule has 0 saturated heterocycles. The summed E-state index contributed by atoms with van der Waals surface area (Å²) in [6.45, 7) is 0. The van der Waals surface area contributed by atoms with E-state index < -0.39 is 0 Å². The fraction of sp³-hybridized carbons (Fsp3) is 0.0476. The van der Waals surface area contributed by atoms with Crippen LogP contribution in [0.5, 0.6) is 0 Å². The van der Waals surface area contributed by atoms with Crippen molar-refractivity contribution in [3.63, 3.8) is 0 Å². The predicted octanol–water partition coefficient (Wildman–Crippen LogP) is 4.90. The first-order valence-electron chi connectivity index (χ1n) is 8.81. The summed E-state index contributed by atoms with van der Waals surface area (Å²) < 4.78 is 1.84. The van der Waals surface area contributed by atoms with Crippen molar-refractivity contribution in [1.29, 1.82) is 0 Å². The van der Waals surface area contributed by atoms with Crippen LogP contribution in [-0.2, 0) is 7.05 Å². The second-order valence-electron chi connectivity index (χ2n) is 6.28. The van der Waals surface area contributed by atoms with Crippen molar-refractivity contribution in [3.05, 3.63) is 72.2 Å². The summed E-state index contributed by atoms with van der Waals surface area (Å²) >= 11 is 1.60. The number of aromatic nitrogens is 5. The highest BCUT2D eigenvalue weighted by atomic mass is 32.1. The van der Waals surface area contributed by atoms with E-state index in [9.17, 15) is 0 Å². The maximum atomic E-state index is 4.73.